The number of hydrogen-bond donors (Lipinski definition) is 1. The quantitative estimate of drug-likeness (QED) is 0.664. The summed E-state index contributed by atoms with van der Waals surface area (Å²) in [5, 5.41) is 0.447. The third kappa shape index (κ3) is 2.99. The Kier molecular flexibility index (Phi) is 3.10. The molecule has 0 bridgehead atoms. The molecule has 1 amide bonds. The minimum Gasteiger partial charge on any atom is -0.302 e. The number of hydrogen-bond acceptors (Lipinski definition) is 3. The van der Waals surface area contributed by atoms with Gasteiger partial charge in [0.05, 0.1) is 6.04 Å². The van der Waals surface area contributed by atoms with Gasteiger partial charge >= 0.3 is 6.18 Å². The Balaban J connectivity index is 2.57. The molecule has 1 unspecified atom stereocenters. The monoisotopic (exact) mass is 210 g/mol. The fraction of sp³-hybridized carbons (Fsp3) is 0.714. The lowest BCUT2D eigenvalue weighted by atomic mass is 10.1. The highest BCUT2D eigenvalue weighted by Gasteiger charge is 2.35. The molecule has 1 atom stereocenters. The van der Waals surface area contributed by atoms with E-state index < -0.39 is 24.7 Å². The molecule has 0 spiro atoms. The van der Waals surface area contributed by atoms with Gasteiger partial charge in [0.1, 0.15) is 12.8 Å². The van der Waals surface area contributed by atoms with E-state index in [-0.39, 0.29) is 12.8 Å². The molecule has 7 heteroatoms. The minimum atomic E-state index is -4.45. The third-order valence-corrected chi connectivity index (χ3v) is 1.79. The van der Waals surface area contributed by atoms with Crippen LogP contribution < -0.4 is 5.43 Å². The molecular weight excluding hydrogens is 201 g/mol. The van der Waals surface area contributed by atoms with Gasteiger partial charge in [0, 0.05) is 6.42 Å². The first-order chi connectivity index (χ1) is 6.42. The summed E-state index contributed by atoms with van der Waals surface area (Å²) in [7, 11) is 0. The summed E-state index contributed by atoms with van der Waals surface area (Å²) in [6.45, 7) is -1.36. The first kappa shape index (κ1) is 11.0. The Morgan fingerprint density at radius 3 is 2.71 bits per heavy atom. The molecule has 1 N–H and O–H groups in total. The standard InChI is InChI=1S/C7H9F3N2O2/c8-7(9,10)4-12-6(14)2-1-5(3-13)11-12/h3,5,11H,1-2,4H2. The molecule has 0 radical (unpaired) electrons. The van der Waals surface area contributed by atoms with Crippen molar-refractivity contribution in [1.82, 2.24) is 10.4 Å². The van der Waals surface area contributed by atoms with Crippen molar-refractivity contribution < 1.29 is 22.8 Å². The molecule has 0 aromatic heterocycles. The molecule has 1 aliphatic rings. The van der Waals surface area contributed by atoms with Gasteiger partial charge in [-0.05, 0) is 6.42 Å². The van der Waals surface area contributed by atoms with E-state index in [1.165, 1.54) is 0 Å². The summed E-state index contributed by atoms with van der Waals surface area (Å²) >= 11 is 0. The van der Waals surface area contributed by atoms with E-state index in [9.17, 15) is 22.8 Å². The van der Waals surface area contributed by atoms with E-state index in [0.29, 0.717) is 11.3 Å². The van der Waals surface area contributed by atoms with Crippen LogP contribution in [0.1, 0.15) is 12.8 Å². The number of rotatable bonds is 2. The maximum atomic E-state index is 11.9. The second-order valence-electron chi connectivity index (χ2n) is 3.01. The Morgan fingerprint density at radius 2 is 2.21 bits per heavy atom. The van der Waals surface area contributed by atoms with Crippen LogP contribution in [0.15, 0.2) is 0 Å². The molecule has 1 saturated heterocycles. The SMILES string of the molecule is O=CC1CCC(=O)N(CC(F)(F)F)N1. The first-order valence-electron chi connectivity index (χ1n) is 4.01. The van der Waals surface area contributed by atoms with Gasteiger partial charge in [0.2, 0.25) is 5.91 Å². The van der Waals surface area contributed by atoms with Crippen LogP contribution in [-0.2, 0) is 9.59 Å². The Hall–Kier alpha value is -1.11. The fourth-order valence-electron chi connectivity index (χ4n) is 1.16. The molecule has 14 heavy (non-hydrogen) atoms. The molecule has 0 saturated carbocycles. The van der Waals surface area contributed by atoms with E-state index in [1.807, 2.05) is 0 Å². The lowest BCUT2D eigenvalue weighted by molar-refractivity contribution is -0.172. The Bertz CT molecular complexity index is 242. The van der Waals surface area contributed by atoms with Gasteiger partial charge in [-0.2, -0.15) is 13.2 Å². The molecule has 0 aromatic carbocycles. The van der Waals surface area contributed by atoms with Gasteiger partial charge in [-0.15, -0.1) is 0 Å². The lowest BCUT2D eigenvalue weighted by Gasteiger charge is -2.31. The van der Waals surface area contributed by atoms with E-state index in [4.69, 9.17) is 0 Å². The van der Waals surface area contributed by atoms with Crippen LogP contribution in [0.3, 0.4) is 0 Å². The smallest absolute Gasteiger partial charge is 0.302 e. The van der Waals surface area contributed by atoms with Crippen LogP contribution in [0.4, 0.5) is 13.2 Å². The van der Waals surface area contributed by atoms with Crippen LogP contribution in [0.5, 0.6) is 0 Å². The van der Waals surface area contributed by atoms with E-state index in [1.54, 1.807) is 0 Å². The number of halogens is 3. The molecule has 1 rings (SSSR count). The number of amides is 1. The zero-order valence-electron chi connectivity index (χ0n) is 7.17. The molecular formula is C7H9F3N2O2. The molecule has 4 nitrogen and oxygen atoms in total. The van der Waals surface area contributed by atoms with Gasteiger partial charge in [-0.1, -0.05) is 0 Å². The third-order valence-electron chi connectivity index (χ3n) is 1.79. The van der Waals surface area contributed by atoms with Crippen molar-refractivity contribution in [2.45, 2.75) is 25.1 Å². The van der Waals surface area contributed by atoms with Gasteiger partial charge in [-0.3, -0.25) is 9.80 Å². The van der Waals surface area contributed by atoms with Crippen LogP contribution >= 0.6 is 0 Å². The van der Waals surface area contributed by atoms with Gasteiger partial charge < -0.3 is 4.79 Å². The number of alkyl halides is 3. The largest absolute Gasteiger partial charge is 0.407 e. The van der Waals surface area contributed by atoms with Crippen molar-refractivity contribution in [3.05, 3.63) is 0 Å². The van der Waals surface area contributed by atoms with Crippen LogP contribution in [0.25, 0.3) is 0 Å². The second kappa shape index (κ2) is 3.95. The number of carbonyl (C=O) groups excluding carboxylic acids is 2. The summed E-state index contributed by atoms with van der Waals surface area (Å²) in [4.78, 5) is 21.3. The van der Waals surface area contributed by atoms with Crippen LogP contribution in [-0.4, -0.2) is 36.0 Å². The average Bonchev–Trinajstić information content (AvgIpc) is 2.06. The van der Waals surface area contributed by atoms with Crippen LogP contribution in [0.2, 0.25) is 0 Å². The summed E-state index contributed by atoms with van der Waals surface area (Å²) in [6, 6.07) is -0.699. The topological polar surface area (TPSA) is 49.4 Å². The van der Waals surface area contributed by atoms with Crippen molar-refractivity contribution in [1.29, 1.82) is 0 Å². The van der Waals surface area contributed by atoms with Gasteiger partial charge in [0.25, 0.3) is 0 Å². The molecule has 0 aromatic rings. The highest BCUT2D eigenvalue weighted by atomic mass is 19.4. The van der Waals surface area contributed by atoms with E-state index >= 15 is 0 Å². The van der Waals surface area contributed by atoms with Crippen LogP contribution in [0, 0.1) is 0 Å². The summed E-state index contributed by atoms with van der Waals surface area (Å²) in [6.07, 6.45) is -3.74. The minimum absolute atomic E-state index is 0.0352. The highest BCUT2D eigenvalue weighted by molar-refractivity contribution is 5.78. The van der Waals surface area contributed by atoms with Crippen molar-refractivity contribution in [2.75, 3.05) is 6.54 Å². The van der Waals surface area contributed by atoms with Gasteiger partial charge in [-0.25, -0.2) is 5.43 Å². The number of carbonyl (C=O) groups is 2. The van der Waals surface area contributed by atoms with E-state index in [0.717, 1.165) is 0 Å². The summed E-state index contributed by atoms with van der Waals surface area (Å²) in [5.74, 6) is -0.638. The Labute approximate surface area is 78.0 Å². The zero-order chi connectivity index (χ0) is 10.8. The average molecular weight is 210 g/mol. The molecule has 0 aliphatic carbocycles. The first-order valence-corrected chi connectivity index (χ1v) is 4.01. The predicted octanol–water partition coefficient (Wildman–Crippen LogP) is 0.243. The zero-order valence-corrected chi connectivity index (χ0v) is 7.17. The molecule has 1 fully saturated rings. The normalized spacial score (nSPS) is 23.8. The van der Waals surface area contributed by atoms with Crippen molar-refractivity contribution in [3.8, 4) is 0 Å². The van der Waals surface area contributed by atoms with Crippen molar-refractivity contribution in [2.24, 2.45) is 0 Å². The highest BCUT2D eigenvalue weighted by Crippen LogP contribution is 2.18. The number of nitrogens with zero attached hydrogens (tertiary/aromatic N) is 1. The molecule has 80 valence electrons. The summed E-state index contributed by atoms with van der Waals surface area (Å²) < 4.78 is 35.8. The predicted molar refractivity (Wildman–Crippen MR) is 40.0 cm³/mol. The van der Waals surface area contributed by atoms with Crippen molar-refractivity contribution in [3.63, 3.8) is 0 Å². The van der Waals surface area contributed by atoms with Gasteiger partial charge in [0.15, 0.2) is 0 Å². The Morgan fingerprint density at radius 1 is 1.57 bits per heavy atom. The number of hydrazine groups is 1. The number of nitrogens with one attached hydrogen (secondary N) is 1. The maximum absolute atomic E-state index is 11.9. The second-order valence-corrected chi connectivity index (χ2v) is 3.01. The fourth-order valence-corrected chi connectivity index (χ4v) is 1.16. The summed E-state index contributed by atoms with van der Waals surface area (Å²) in [5.41, 5.74) is 2.21. The molecule has 1 heterocycles. The molecule has 1 aliphatic heterocycles. The lowest BCUT2D eigenvalue weighted by Crippen LogP contribution is -2.55. The number of aldehydes is 1. The maximum Gasteiger partial charge on any atom is 0.407 e. The van der Waals surface area contributed by atoms with Crippen molar-refractivity contribution >= 4 is 12.2 Å². The van der Waals surface area contributed by atoms with E-state index in [2.05, 4.69) is 5.43 Å².